The summed E-state index contributed by atoms with van der Waals surface area (Å²) in [5.41, 5.74) is 2.29. The van der Waals surface area contributed by atoms with Gasteiger partial charge in [-0.25, -0.2) is 4.79 Å². The quantitative estimate of drug-likeness (QED) is 0.837. The van der Waals surface area contributed by atoms with Gasteiger partial charge in [-0.1, -0.05) is 18.9 Å². The van der Waals surface area contributed by atoms with Gasteiger partial charge in [0.1, 0.15) is 0 Å². The van der Waals surface area contributed by atoms with Crippen molar-refractivity contribution >= 4 is 29.2 Å². The zero-order valence-corrected chi connectivity index (χ0v) is 16.8. The van der Waals surface area contributed by atoms with Crippen LogP contribution in [0, 0.1) is 12.8 Å². The molecule has 4 amide bonds. The minimum atomic E-state index is -0.173. The number of carbonyl (C=O) groups is 3. The predicted octanol–water partition coefficient (Wildman–Crippen LogP) is 3.21. The van der Waals surface area contributed by atoms with Gasteiger partial charge >= 0.3 is 6.03 Å². The van der Waals surface area contributed by atoms with E-state index in [-0.39, 0.29) is 23.8 Å². The van der Waals surface area contributed by atoms with Crippen molar-refractivity contribution in [2.45, 2.75) is 46.0 Å². The van der Waals surface area contributed by atoms with E-state index in [0.717, 1.165) is 43.4 Å². The summed E-state index contributed by atoms with van der Waals surface area (Å²) in [7, 11) is 0. The monoisotopic (exact) mass is 386 g/mol. The van der Waals surface area contributed by atoms with Crippen LogP contribution in [0.15, 0.2) is 18.2 Å². The van der Waals surface area contributed by atoms with Crippen LogP contribution < -0.4 is 10.6 Å². The lowest BCUT2D eigenvalue weighted by molar-refractivity contribution is -0.128. The molecule has 2 aliphatic rings. The largest absolute Gasteiger partial charge is 0.341 e. The van der Waals surface area contributed by atoms with Crippen LogP contribution in [0.2, 0.25) is 0 Å². The second kappa shape index (κ2) is 9.08. The molecule has 0 bridgehead atoms. The lowest BCUT2D eigenvalue weighted by Crippen LogP contribution is -2.39. The third-order valence-corrected chi connectivity index (χ3v) is 5.79. The molecule has 0 aromatic heterocycles. The Kier molecular flexibility index (Phi) is 6.54. The van der Waals surface area contributed by atoms with Crippen LogP contribution in [0.3, 0.4) is 0 Å². The molecule has 1 saturated carbocycles. The summed E-state index contributed by atoms with van der Waals surface area (Å²) in [4.78, 5) is 40.2. The Morgan fingerprint density at radius 2 is 1.50 bits per heavy atom. The first-order valence-corrected chi connectivity index (χ1v) is 10.2. The molecule has 0 atom stereocenters. The molecule has 1 saturated heterocycles. The van der Waals surface area contributed by atoms with Gasteiger partial charge < -0.3 is 20.4 Å². The third kappa shape index (κ3) is 4.82. The molecule has 1 aliphatic carbocycles. The number of urea groups is 1. The van der Waals surface area contributed by atoms with E-state index in [1.807, 2.05) is 25.1 Å². The number of rotatable bonds is 3. The molecule has 3 rings (SSSR count). The van der Waals surface area contributed by atoms with E-state index in [1.165, 1.54) is 0 Å². The average Bonchev–Trinajstić information content (AvgIpc) is 3.09. The topological polar surface area (TPSA) is 81.8 Å². The van der Waals surface area contributed by atoms with Gasteiger partial charge in [0.2, 0.25) is 11.8 Å². The second-order valence-corrected chi connectivity index (χ2v) is 7.73. The number of anilines is 2. The molecule has 1 aromatic rings. The van der Waals surface area contributed by atoms with Crippen LogP contribution >= 0.6 is 0 Å². The standard InChI is InChI=1S/C21H30N4O3/c1-15-18(22-20(27)17-7-3-4-8-17)9-5-10-19(15)23-21(28)25-12-6-11-24(13-14-25)16(2)26/h5,9-10,17H,3-4,6-8,11-14H2,1-2H3,(H,22,27)(H,23,28). The Morgan fingerprint density at radius 1 is 0.893 bits per heavy atom. The van der Waals surface area contributed by atoms with E-state index in [9.17, 15) is 14.4 Å². The van der Waals surface area contributed by atoms with Crippen LogP contribution in [-0.4, -0.2) is 53.8 Å². The lowest BCUT2D eigenvalue weighted by atomic mass is 10.1. The number of amides is 4. The smallest absolute Gasteiger partial charge is 0.321 e. The molecule has 0 unspecified atom stereocenters. The fourth-order valence-corrected chi connectivity index (χ4v) is 3.96. The summed E-state index contributed by atoms with van der Waals surface area (Å²) in [6, 6.07) is 5.38. The van der Waals surface area contributed by atoms with Crippen LogP contribution in [0.5, 0.6) is 0 Å². The highest BCUT2D eigenvalue weighted by Gasteiger charge is 2.24. The summed E-state index contributed by atoms with van der Waals surface area (Å²) >= 11 is 0. The summed E-state index contributed by atoms with van der Waals surface area (Å²) in [5.74, 6) is 0.212. The minimum Gasteiger partial charge on any atom is -0.341 e. The highest BCUT2D eigenvalue weighted by Crippen LogP contribution is 2.28. The Morgan fingerprint density at radius 3 is 2.18 bits per heavy atom. The number of hydrogen-bond acceptors (Lipinski definition) is 3. The molecular weight excluding hydrogens is 356 g/mol. The van der Waals surface area contributed by atoms with Gasteiger partial charge in [0, 0.05) is 50.4 Å². The number of nitrogens with one attached hydrogen (secondary N) is 2. The molecule has 7 heteroatoms. The summed E-state index contributed by atoms with van der Waals surface area (Å²) in [5, 5.41) is 5.99. The van der Waals surface area contributed by atoms with Gasteiger partial charge in [-0.15, -0.1) is 0 Å². The zero-order valence-electron chi connectivity index (χ0n) is 16.8. The first-order chi connectivity index (χ1) is 13.5. The Labute approximate surface area is 166 Å². The average molecular weight is 386 g/mol. The van der Waals surface area contributed by atoms with E-state index < -0.39 is 0 Å². The van der Waals surface area contributed by atoms with Gasteiger partial charge in [-0.2, -0.15) is 0 Å². The lowest BCUT2D eigenvalue weighted by Gasteiger charge is -2.23. The molecule has 1 heterocycles. The number of carbonyl (C=O) groups excluding carboxylic acids is 3. The minimum absolute atomic E-state index is 0.0452. The Bertz CT molecular complexity index is 743. The first-order valence-electron chi connectivity index (χ1n) is 10.2. The zero-order chi connectivity index (χ0) is 20.1. The van der Waals surface area contributed by atoms with Crippen molar-refractivity contribution in [3.05, 3.63) is 23.8 Å². The number of nitrogens with zero attached hydrogens (tertiary/aromatic N) is 2. The summed E-state index contributed by atoms with van der Waals surface area (Å²) < 4.78 is 0. The van der Waals surface area contributed by atoms with Crippen molar-refractivity contribution in [2.24, 2.45) is 5.92 Å². The van der Waals surface area contributed by atoms with Gasteiger partial charge in [0.15, 0.2) is 0 Å². The molecule has 152 valence electrons. The second-order valence-electron chi connectivity index (χ2n) is 7.73. The highest BCUT2D eigenvalue weighted by molar-refractivity contribution is 5.96. The Hall–Kier alpha value is -2.57. The molecule has 7 nitrogen and oxygen atoms in total. The molecule has 1 aromatic carbocycles. The highest BCUT2D eigenvalue weighted by atomic mass is 16.2. The van der Waals surface area contributed by atoms with Crippen LogP contribution in [0.4, 0.5) is 16.2 Å². The van der Waals surface area contributed by atoms with Crippen LogP contribution in [0.25, 0.3) is 0 Å². The SMILES string of the molecule is CC(=O)N1CCCN(C(=O)Nc2cccc(NC(=O)C3CCCC3)c2C)CC1. The van der Waals surface area contributed by atoms with E-state index in [1.54, 1.807) is 16.7 Å². The maximum absolute atomic E-state index is 12.7. The van der Waals surface area contributed by atoms with Crippen LogP contribution in [-0.2, 0) is 9.59 Å². The predicted molar refractivity (Wildman–Crippen MR) is 109 cm³/mol. The van der Waals surface area contributed by atoms with Gasteiger partial charge in [0.05, 0.1) is 0 Å². The molecule has 2 fully saturated rings. The third-order valence-electron chi connectivity index (χ3n) is 5.79. The van der Waals surface area contributed by atoms with Crippen molar-refractivity contribution in [1.82, 2.24) is 9.80 Å². The van der Waals surface area contributed by atoms with Crippen molar-refractivity contribution in [3.63, 3.8) is 0 Å². The van der Waals surface area contributed by atoms with Gasteiger partial charge in [0.25, 0.3) is 0 Å². The van der Waals surface area contributed by atoms with Crippen molar-refractivity contribution in [2.75, 3.05) is 36.8 Å². The first kappa shape index (κ1) is 20.2. The number of hydrogen-bond donors (Lipinski definition) is 2. The normalized spacial score (nSPS) is 17.9. The van der Waals surface area contributed by atoms with E-state index in [4.69, 9.17) is 0 Å². The molecular formula is C21H30N4O3. The molecule has 28 heavy (non-hydrogen) atoms. The van der Waals surface area contributed by atoms with Crippen molar-refractivity contribution in [3.8, 4) is 0 Å². The molecule has 0 radical (unpaired) electrons. The fraction of sp³-hybridized carbons (Fsp3) is 0.571. The van der Waals surface area contributed by atoms with Crippen LogP contribution in [0.1, 0.15) is 44.6 Å². The molecule has 2 N–H and O–H groups in total. The summed E-state index contributed by atoms with van der Waals surface area (Å²) in [6.45, 7) is 5.83. The van der Waals surface area contributed by atoms with Crippen molar-refractivity contribution < 1.29 is 14.4 Å². The van der Waals surface area contributed by atoms with E-state index in [2.05, 4.69) is 10.6 Å². The summed E-state index contributed by atoms with van der Waals surface area (Å²) in [6.07, 6.45) is 4.90. The molecule has 1 aliphatic heterocycles. The van der Waals surface area contributed by atoms with Gasteiger partial charge in [-0.3, -0.25) is 9.59 Å². The maximum atomic E-state index is 12.7. The van der Waals surface area contributed by atoms with Gasteiger partial charge in [-0.05, 0) is 43.9 Å². The molecule has 0 spiro atoms. The van der Waals surface area contributed by atoms with E-state index >= 15 is 0 Å². The van der Waals surface area contributed by atoms with E-state index in [0.29, 0.717) is 31.9 Å². The fourth-order valence-electron chi connectivity index (χ4n) is 3.96. The number of benzene rings is 1. The Balaban J connectivity index is 1.63. The van der Waals surface area contributed by atoms with Crippen molar-refractivity contribution in [1.29, 1.82) is 0 Å². The maximum Gasteiger partial charge on any atom is 0.321 e.